The lowest BCUT2D eigenvalue weighted by atomic mass is 10.1. The van der Waals surface area contributed by atoms with Crippen LogP contribution in [-0.4, -0.2) is 34.6 Å². The van der Waals surface area contributed by atoms with E-state index < -0.39 is 6.04 Å². The highest BCUT2D eigenvalue weighted by Crippen LogP contribution is 2.25. The molecule has 1 unspecified atom stereocenters. The normalized spacial score (nSPS) is 12.0. The predicted octanol–water partition coefficient (Wildman–Crippen LogP) is 5.82. The van der Waals surface area contributed by atoms with E-state index >= 15 is 0 Å². The Labute approximate surface area is 197 Å². The highest BCUT2D eigenvalue weighted by Gasteiger charge is 2.26. The van der Waals surface area contributed by atoms with Crippen LogP contribution in [0.25, 0.3) is 0 Å². The molecule has 0 heterocycles. The number of nitrogens with one attached hydrogen (secondary N) is 1. The van der Waals surface area contributed by atoms with E-state index in [0.717, 1.165) is 11.1 Å². The number of benzene rings is 2. The van der Waals surface area contributed by atoms with Gasteiger partial charge in [-0.2, -0.15) is 0 Å². The van der Waals surface area contributed by atoms with Crippen molar-refractivity contribution in [1.82, 2.24) is 10.2 Å². The Kier molecular flexibility index (Phi) is 9.82. The van der Waals surface area contributed by atoms with Gasteiger partial charge in [0.2, 0.25) is 11.8 Å². The Morgan fingerprint density at radius 2 is 1.60 bits per heavy atom. The summed E-state index contributed by atoms with van der Waals surface area (Å²) in [5.74, 6) is 0.570. The van der Waals surface area contributed by atoms with Crippen molar-refractivity contribution in [3.63, 3.8) is 0 Å². The van der Waals surface area contributed by atoms with Crippen molar-refractivity contribution >= 4 is 58.4 Å². The van der Waals surface area contributed by atoms with Gasteiger partial charge in [-0.15, -0.1) is 11.8 Å². The average molecular weight is 488 g/mol. The van der Waals surface area contributed by atoms with Crippen LogP contribution in [-0.2, 0) is 21.9 Å². The molecule has 0 bridgehead atoms. The molecule has 0 saturated heterocycles. The third kappa shape index (κ3) is 7.69. The molecule has 0 radical (unpaired) electrons. The van der Waals surface area contributed by atoms with Gasteiger partial charge < -0.3 is 10.2 Å². The van der Waals surface area contributed by atoms with Crippen LogP contribution in [0.2, 0.25) is 15.1 Å². The number of hydrogen-bond donors (Lipinski definition) is 1. The molecular formula is C22H25Cl3N2O2S. The fourth-order valence-corrected chi connectivity index (χ4v) is 4.05. The first kappa shape index (κ1) is 24.9. The van der Waals surface area contributed by atoms with Crippen molar-refractivity contribution in [3.8, 4) is 0 Å². The van der Waals surface area contributed by atoms with E-state index in [1.54, 1.807) is 36.1 Å². The molecule has 0 aromatic heterocycles. The first-order valence-electron chi connectivity index (χ1n) is 9.53. The van der Waals surface area contributed by atoms with Gasteiger partial charge in [-0.1, -0.05) is 53.0 Å². The number of hydrogen-bond acceptors (Lipinski definition) is 3. The number of carbonyl (C=O) groups is 2. The minimum atomic E-state index is -0.596. The summed E-state index contributed by atoms with van der Waals surface area (Å²) in [6, 6.07) is 12.1. The molecule has 2 aromatic carbocycles. The van der Waals surface area contributed by atoms with Gasteiger partial charge in [0, 0.05) is 23.4 Å². The molecule has 2 amide bonds. The number of amides is 2. The fourth-order valence-electron chi connectivity index (χ4n) is 2.74. The smallest absolute Gasteiger partial charge is 0.242 e. The maximum Gasteiger partial charge on any atom is 0.242 e. The van der Waals surface area contributed by atoms with E-state index in [9.17, 15) is 9.59 Å². The standard InChI is InChI=1S/C22H25Cl3N2O2S/c1-14(2)26-22(29)15(3)27(11-16-4-7-18(23)8-5-16)21(28)13-30-12-17-6-9-19(24)20(25)10-17/h4-10,14-15H,11-13H2,1-3H3,(H,26,29). The van der Waals surface area contributed by atoms with Crippen LogP contribution >= 0.6 is 46.6 Å². The summed E-state index contributed by atoms with van der Waals surface area (Å²) in [4.78, 5) is 27.2. The number of halogens is 3. The van der Waals surface area contributed by atoms with E-state index in [0.29, 0.717) is 27.4 Å². The number of carbonyl (C=O) groups excluding carboxylic acids is 2. The van der Waals surface area contributed by atoms with Gasteiger partial charge in [0.1, 0.15) is 6.04 Å². The Hall–Kier alpha value is -1.40. The molecular weight excluding hydrogens is 463 g/mol. The number of rotatable bonds is 9. The van der Waals surface area contributed by atoms with Crippen LogP contribution in [0, 0.1) is 0 Å². The summed E-state index contributed by atoms with van der Waals surface area (Å²) in [6.45, 7) is 5.86. The van der Waals surface area contributed by atoms with Gasteiger partial charge in [-0.3, -0.25) is 9.59 Å². The molecule has 8 heteroatoms. The molecule has 2 rings (SSSR count). The summed E-state index contributed by atoms with van der Waals surface area (Å²) in [5.41, 5.74) is 1.89. The van der Waals surface area contributed by atoms with Crippen LogP contribution < -0.4 is 5.32 Å². The second kappa shape index (κ2) is 11.8. The van der Waals surface area contributed by atoms with Crippen LogP contribution in [0.4, 0.5) is 0 Å². The minimum absolute atomic E-state index is 0.00328. The zero-order valence-electron chi connectivity index (χ0n) is 17.1. The number of nitrogens with zero attached hydrogens (tertiary/aromatic N) is 1. The highest BCUT2D eigenvalue weighted by molar-refractivity contribution is 7.99. The molecule has 30 heavy (non-hydrogen) atoms. The predicted molar refractivity (Wildman–Crippen MR) is 127 cm³/mol. The van der Waals surface area contributed by atoms with E-state index in [4.69, 9.17) is 34.8 Å². The van der Waals surface area contributed by atoms with Gasteiger partial charge in [0.15, 0.2) is 0 Å². The summed E-state index contributed by atoms with van der Waals surface area (Å²) in [5, 5.41) is 4.49. The summed E-state index contributed by atoms with van der Waals surface area (Å²) < 4.78 is 0. The lowest BCUT2D eigenvalue weighted by Gasteiger charge is -2.29. The quantitative estimate of drug-likeness (QED) is 0.485. The Bertz CT molecular complexity index is 875. The molecule has 0 saturated carbocycles. The van der Waals surface area contributed by atoms with Crippen LogP contribution in [0.5, 0.6) is 0 Å². The van der Waals surface area contributed by atoms with Gasteiger partial charge in [0.05, 0.1) is 15.8 Å². The molecule has 162 valence electrons. The summed E-state index contributed by atoms with van der Waals surface area (Å²) >= 11 is 19.4. The zero-order chi connectivity index (χ0) is 22.3. The Morgan fingerprint density at radius 3 is 2.20 bits per heavy atom. The first-order chi connectivity index (χ1) is 14.2. The first-order valence-corrected chi connectivity index (χ1v) is 11.8. The van der Waals surface area contributed by atoms with Crippen molar-refractivity contribution in [2.24, 2.45) is 0 Å². The van der Waals surface area contributed by atoms with Crippen LogP contribution in [0.15, 0.2) is 42.5 Å². The minimum Gasteiger partial charge on any atom is -0.352 e. The largest absolute Gasteiger partial charge is 0.352 e. The van der Waals surface area contributed by atoms with Crippen molar-refractivity contribution in [3.05, 3.63) is 68.7 Å². The second-order valence-electron chi connectivity index (χ2n) is 7.23. The molecule has 2 aromatic rings. The van der Waals surface area contributed by atoms with Gasteiger partial charge in [-0.05, 0) is 56.2 Å². The van der Waals surface area contributed by atoms with Gasteiger partial charge >= 0.3 is 0 Å². The summed E-state index contributed by atoms with van der Waals surface area (Å²) in [7, 11) is 0. The van der Waals surface area contributed by atoms with Gasteiger partial charge in [0.25, 0.3) is 0 Å². The van der Waals surface area contributed by atoms with E-state index in [2.05, 4.69) is 5.32 Å². The maximum absolute atomic E-state index is 13.0. The van der Waals surface area contributed by atoms with Crippen molar-refractivity contribution < 1.29 is 9.59 Å². The molecule has 0 aliphatic heterocycles. The van der Waals surface area contributed by atoms with E-state index in [1.165, 1.54) is 11.8 Å². The molecule has 0 fully saturated rings. The lowest BCUT2D eigenvalue weighted by Crippen LogP contribution is -2.49. The third-order valence-corrected chi connectivity index (χ3v) is 6.32. The maximum atomic E-state index is 13.0. The van der Waals surface area contributed by atoms with Crippen molar-refractivity contribution in [1.29, 1.82) is 0 Å². The summed E-state index contributed by atoms with van der Waals surface area (Å²) in [6.07, 6.45) is 0. The average Bonchev–Trinajstić information content (AvgIpc) is 2.69. The van der Waals surface area contributed by atoms with E-state index in [-0.39, 0.29) is 23.6 Å². The molecule has 4 nitrogen and oxygen atoms in total. The molecule has 1 N–H and O–H groups in total. The topological polar surface area (TPSA) is 49.4 Å². The van der Waals surface area contributed by atoms with Crippen LogP contribution in [0.1, 0.15) is 31.9 Å². The third-order valence-electron chi connectivity index (χ3n) is 4.34. The zero-order valence-corrected chi connectivity index (χ0v) is 20.2. The lowest BCUT2D eigenvalue weighted by molar-refractivity contribution is -0.138. The number of thioether (sulfide) groups is 1. The van der Waals surface area contributed by atoms with Gasteiger partial charge in [-0.25, -0.2) is 0 Å². The second-order valence-corrected chi connectivity index (χ2v) is 9.47. The molecule has 1 atom stereocenters. The highest BCUT2D eigenvalue weighted by atomic mass is 35.5. The molecule has 0 aliphatic rings. The fraction of sp³-hybridized carbons (Fsp3) is 0.364. The van der Waals surface area contributed by atoms with Crippen molar-refractivity contribution in [2.45, 2.75) is 45.2 Å². The Morgan fingerprint density at radius 1 is 0.967 bits per heavy atom. The molecule has 0 aliphatic carbocycles. The SMILES string of the molecule is CC(C)NC(=O)C(C)N(Cc1ccc(Cl)cc1)C(=O)CSCc1ccc(Cl)c(Cl)c1. The van der Waals surface area contributed by atoms with E-state index in [1.807, 2.05) is 32.0 Å². The monoisotopic (exact) mass is 486 g/mol. The molecule has 0 spiro atoms. The van der Waals surface area contributed by atoms with Crippen molar-refractivity contribution in [2.75, 3.05) is 5.75 Å². The van der Waals surface area contributed by atoms with Crippen LogP contribution in [0.3, 0.4) is 0 Å². The Balaban J connectivity index is 2.07.